The van der Waals surface area contributed by atoms with E-state index in [1.54, 1.807) is 0 Å². The Morgan fingerprint density at radius 2 is 1.79 bits per heavy atom. The molecule has 0 saturated carbocycles. The second-order valence-corrected chi connectivity index (χ2v) is 8.30. The normalized spacial score (nSPS) is 20.6. The van der Waals surface area contributed by atoms with E-state index in [1.165, 1.54) is 16.3 Å². The number of nitrogens with zero attached hydrogens (tertiary/aromatic N) is 2. The van der Waals surface area contributed by atoms with Crippen LogP contribution in [0.2, 0.25) is 0 Å². The highest BCUT2D eigenvalue weighted by molar-refractivity contribution is 5.86. The van der Waals surface area contributed by atoms with Crippen LogP contribution in [0.4, 0.5) is 0 Å². The molecule has 2 aromatic carbocycles. The zero-order valence-electron chi connectivity index (χ0n) is 17.5. The summed E-state index contributed by atoms with van der Waals surface area (Å²) in [5.41, 5.74) is 1.39. The van der Waals surface area contributed by atoms with Crippen LogP contribution >= 0.6 is 0 Å². The summed E-state index contributed by atoms with van der Waals surface area (Å²) >= 11 is 0. The number of fused-ring (bicyclic) bond motifs is 1. The standard InChI is InChI=1S/C24H33N3O2/c1-19(22-8-4-6-20-5-2-3-7-23(20)22)27-12-9-21(10-13-27)24(28)25-11-14-26-15-17-29-18-16-26/h2-8,19,21H,9-18H2,1H3,(H,25,28). The second kappa shape index (κ2) is 9.70. The summed E-state index contributed by atoms with van der Waals surface area (Å²) in [7, 11) is 0. The van der Waals surface area contributed by atoms with Gasteiger partial charge in [0.2, 0.25) is 5.91 Å². The Labute approximate surface area is 174 Å². The maximum Gasteiger partial charge on any atom is 0.223 e. The van der Waals surface area contributed by atoms with Crippen LogP contribution in [-0.2, 0) is 9.53 Å². The van der Waals surface area contributed by atoms with E-state index in [4.69, 9.17) is 4.74 Å². The van der Waals surface area contributed by atoms with Crippen molar-refractivity contribution in [2.75, 3.05) is 52.5 Å². The van der Waals surface area contributed by atoms with Crippen LogP contribution < -0.4 is 5.32 Å². The van der Waals surface area contributed by atoms with E-state index in [2.05, 4.69) is 64.5 Å². The van der Waals surface area contributed by atoms with Gasteiger partial charge in [0.05, 0.1) is 13.2 Å². The first kappa shape index (κ1) is 20.3. The fraction of sp³-hybridized carbons (Fsp3) is 0.542. The van der Waals surface area contributed by atoms with Crippen LogP contribution in [0.3, 0.4) is 0 Å². The summed E-state index contributed by atoms with van der Waals surface area (Å²) < 4.78 is 5.37. The summed E-state index contributed by atoms with van der Waals surface area (Å²) in [4.78, 5) is 17.5. The Kier molecular flexibility index (Phi) is 6.80. The monoisotopic (exact) mass is 395 g/mol. The third kappa shape index (κ3) is 4.97. The first-order chi connectivity index (χ1) is 14.2. The lowest BCUT2D eigenvalue weighted by Crippen LogP contribution is -2.44. The van der Waals surface area contributed by atoms with Crippen molar-refractivity contribution in [3.8, 4) is 0 Å². The predicted molar refractivity (Wildman–Crippen MR) is 117 cm³/mol. The molecule has 0 aliphatic carbocycles. The van der Waals surface area contributed by atoms with Crippen molar-refractivity contribution in [2.24, 2.45) is 5.92 Å². The minimum atomic E-state index is 0.149. The van der Waals surface area contributed by atoms with E-state index in [-0.39, 0.29) is 11.8 Å². The van der Waals surface area contributed by atoms with Gasteiger partial charge >= 0.3 is 0 Å². The highest BCUT2D eigenvalue weighted by Gasteiger charge is 2.28. The second-order valence-electron chi connectivity index (χ2n) is 8.30. The summed E-state index contributed by atoms with van der Waals surface area (Å²) in [6.07, 6.45) is 1.89. The van der Waals surface area contributed by atoms with Crippen LogP contribution in [0, 0.1) is 5.92 Å². The first-order valence-electron chi connectivity index (χ1n) is 11.0. The van der Waals surface area contributed by atoms with E-state index in [0.29, 0.717) is 6.04 Å². The summed E-state index contributed by atoms with van der Waals surface area (Å²) in [5.74, 6) is 0.381. The van der Waals surface area contributed by atoms with Gasteiger partial charge in [0.1, 0.15) is 0 Å². The number of carbonyl (C=O) groups excluding carboxylic acids is 1. The Bertz CT molecular complexity index is 805. The highest BCUT2D eigenvalue weighted by atomic mass is 16.5. The third-order valence-electron chi connectivity index (χ3n) is 6.55. The quantitative estimate of drug-likeness (QED) is 0.817. The van der Waals surface area contributed by atoms with Gasteiger partial charge in [-0.15, -0.1) is 0 Å². The zero-order chi connectivity index (χ0) is 20.1. The Morgan fingerprint density at radius 1 is 1.07 bits per heavy atom. The van der Waals surface area contributed by atoms with Crippen LogP contribution in [0.25, 0.3) is 10.8 Å². The van der Waals surface area contributed by atoms with Gasteiger partial charge in [-0.1, -0.05) is 42.5 Å². The molecule has 1 amide bonds. The Balaban J connectivity index is 1.26. The van der Waals surface area contributed by atoms with Crippen LogP contribution in [0.1, 0.15) is 31.4 Å². The molecule has 0 spiro atoms. The molecule has 2 aliphatic heterocycles. The van der Waals surface area contributed by atoms with E-state index in [0.717, 1.165) is 65.3 Å². The van der Waals surface area contributed by atoms with Gasteiger partial charge in [-0.25, -0.2) is 0 Å². The minimum Gasteiger partial charge on any atom is -0.379 e. The Morgan fingerprint density at radius 3 is 2.59 bits per heavy atom. The van der Waals surface area contributed by atoms with E-state index in [9.17, 15) is 4.79 Å². The van der Waals surface area contributed by atoms with Gasteiger partial charge in [-0.2, -0.15) is 0 Å². The van der Waals surface area contributed by atoms with Gasteiger partial charge < -0.3 is 10.1 Å². The van der Waals surface area contributed by atoms with Gasteiger partial charge in [0.25, 0.3) is 0 Å². The topological polar surface area (TPSA) is 44.8 Å². The lowest BCUT2D eigenvalue weighted by Gasteiger charge is -2.36. The molecule has 1 atom stereocenters. The van der Waals surface area contributed by atoms with Gasteiger partial charge in [-0.3, -0.25) is 14.6 Å². The minimum absolute atomic E-state index is 0.149. The number of rotatable bonds is 6. The van der Waals surface area contributed by atoms with E-state index in [1.807, 2.05) is 0 Å². The molecule has 2 aliphatic rings. The number of nitrogens with one attached hydrogen (secondary N) is 1. The molecule has 5 nitrogen and oxygen atoms in total. The first-order valence-corrected chi connectivity index (χ1v) is 11.0. The lowest BCUT2D eigenvalue weighted by atomic mass is 9.92. The van der Waals surface area contributed by atoms with Gasteiger partial charge in [-0.05, 0) is 49.2 Å². The maximum atomic E-state index is 12.6. The zero-order valence-corrected chi connectivity index (χ0v) is 17.5. The van der Waals surface area contributed by atoms with Gasteiger partial charge in [0.15, 0.2) is 0 Å². The molecule has 2 heterocycles. The van der Waals surface area contributed by atoms with Crippen LogP contribution in [0.5, 0.6) is 0 Å². The van der Waals surface area contributed by atoms with Crippen molar-refractivity contribution in [1.29, 1.82) is 0 Å². The molecule has 0 aromatic heterocycles. The number of carbonyl (C=O) groups is 1. The van der Waals surface area contributed by atoms with Crippen molar-refractivity contribution < 1.29 is 9.53 Å². The molecule has 1 unspecified atom stereocenters. The number of amides is 1. The molecule has 4 rings (SSSR count). The predicted octanol–water partition coefficient (Wildman–Crippen LogP) is 3.06. The van der Waals surface area contributed by atoms with Crippen molar-refractivity contribution in [3.63, 3.8) is 0 Å². The maximum absolute atomic E-state index is 12.6. The average molecular weight is 396 g/mol. The van der Waals surface area contributed by atoms with Crippen molar-refractivity contribution in [2.45, 2.75) is 25.8 Å². The van der Waals surface area contributed by atoms with E-state index >= 15 is 0 Å². The molecular formula is C24H33N3O2. The summed E-state index contributed by atoms with van der Waals surface area (Å²) in [6.45, 7) is 9.48. The molecule has 0 radical (unpaired) electrons. The van der Waals surface area contributed by atoms with Gasteiger partial charge in [0, 0.05) is 38.1 Å². The molecular weight excluding hydrogens is 362 g/mol. The largest absolute Gasteiger partial charge is 0.379 e. The number of piperidine rings is 1. The SMILES string of the molecule is CC(c1cccc2ccccc12)N1CCC(C(=O)NCCN2CCOCC2)CC1. The Hall–Kier alpha value is -1.95. The molecule has 2 saturated heterocycles. The summed E-state index contributed by atoms with van der Waals surface area (Å²) in [6, 6.07) is 15.6. The fourth-order valence-corrected chi connectivity index (χ4v) is 4.67. The average Bonchev–Trinajstić information content (AvgIpc) is 2.79. The smallest absolute Gasteiger partial charge is 0.223 e. The molecule has 1 N–H and O–H groups in total. The summed E-state index contributed by atoms with van der Waals surface area (Å²) in [5, 5.41) is 5.80. The van der Waals surface area contributed by atoms with Crippen molar-refractivity contribution >= 4 is 16.7 Å². The van der Waals surface area contributed by atoms with Crippen LogP contribution in [0.15, 0.2) is 42.5 Å². The number of likely N-dealkylation sites (tertiary alicyclic amines) is 1. The molecule has 2 aromatic rings. The fourth-order valence-electron chi connectivity index (χ4n) is 4.67. The third-order valence-corrected chi connectivity index (χ3v) is 6.55. The van der Waals surface area contributed by atoms with Crippen molar-refractivity contribution in [3.05, 3.63) is 48.0 Å². The molecule has 29 heavy (non-hydrogen) atoms. The number of hydrogen-bond acceptors (Lipinski definition) is 4. The molecule has 0 bridgehead atoms. The van der Waals surface area contributed by atoms with Crippen LogP contribution in [-0.4, -0.2) is 68.2 Å². The lowest BCUT2D eigenvalue weighted by molar-refractivity contribution is -0.126. The number of morpholine rings is 1. The molecule has 2 fully saturated rings. The van der Waals surface area contributed by atoms with E-state index < -0.39 is 0 Å². The number of hydrogen-bond donors (Lipinski definition) is 1. The molecule has 5 heteroatoms. The van der Waals surface area contributed by atoms with Crippen molar-refractivity contribution in [1.82, 2.24) is 15.1 Å². The number of ether oxygens (including phenoxy) is 1. The number of benzene rings is 2. The molecule has 156 valence electrons. The highest BCUT2D eigenvalue weighted by Crippen LogP contribution is 2.31.